The Morgan fingerprint density at radius 1 is 1.62 bits per heavy atom. The minimum atomic E-state index is 0.351. The van der Waals surface area contributed by atoms with E-state index in [1.54, 1.807) is 0 Å². The van der Waals surface area contributed by atoms with Crippen molar-refractivity contribution in [3.63, 3.8) is 0 Å². The molecule has 1 aliphatic heterocycles. The number of halogens is 1. The molecule has 0 aromatic heterocycles. The summed E-state index contributed by atoms with van der Waals surface area (Å²) in [4.78, 5) is 0. The molecule has 0 unspecified atom stereocenters. The second kappa shape index (κ2) is 2.70. The third kappa shape index (κ3) is 1.36. The van der Waals surface area contributed by atoms with E-state index in [0.29, 0.717) is 11.3 Å². The first-order valence-electron chi connectivity index (χ1n) is 3.02. The molecule has 2 heteroatoms. The molecule has 0 spiro atoms. The van der Waals surface area contributed by atoms with Crippen LogP contribution in [0, 0.1) is 5.92 Å². The van der Waals surface area contributed by atoms with Crippen LogP contribution in [0.2, 0.25) is 0 Å². The van der Waals surface area contributed by atoms with Crippen molar-refractivity contribution in [2.75, 3.05) is 13.2 Å². The molecule has 0 aromatic rings. The monoisotopic (exact) mass is 134 g/mol. The van der Waals surface area contributed by atoms with E-state index in [9.17, 15) is 0 Å². The number of hydrogen-bond acceptors (Lipinski definition) is 1. The molecule has 2 atom stereocenters. The Hall–Kier alpha value is 0.250. The smallest absolute Gasteiger partial charge is 0.0505 e. The average molecular weight is 135 g/mol. The van der Waals surface area contributed by atoms with Crippen LogP contribution in [-0.4, -0.2) is 18.6 Å². The highest BCUT2D eigenvalue weighted by molar-refractivity contribution is 6.20. The molecule has 0 N–H and O–H groups in total. The number of ether oxygens (including phenoxy) is 1. The lowest BCUT2D eigenvalue weighted by molar-refractivity contribution is 0.0643. The molecule has 1 heterocycles. The summed E-state index contributed by atoms with van der Waals surface area (Å²) in [6.07, 6.45) is 1.02. The van der Waals surface area contributed by atoms with E-state index in [1.807, 2.05) is 0 Å². The van der Waals surface area contributed by atoms with Gasteiger partial charge in [0, 0.05) is 12.0 Å². The van der Waals surface area contributed by atoms with E-state index >= 15 is 0 Å². The molecule has 1 nitrogen and oxygen atoms in total. The zero-order chi connectivity index (χ0) is 5.98. The molecule has 0 bridgehead atoms. The van der Waals surface area contributed by atoms with Crippen molar-refractivity contribution in [3.05, 3.63) is 0 Å². The fraction of sp³-hybridized carbons (Fsp3) is 1.00. The fourth-order valence-electron chi connectivity index (χ4n) is 0.854. The van der Waals surface area contributed by atoms with Gasteiger partial charge >= 0.3 is 0 Å². The van der Waals surface area contributed by atoms with Crippen molar-refractivity contribution in [2.45, 2.75) is 18.7 Å². The highest BCUT2D eigenvalue weighted by atomic mass is 35.5. The van der Waals surface area contributed by atoms with Crippen LogP contribution in [0.3, 0.4) is 0 Å². The van der Waals surface area contributed by atoms with Crippen LogP contribution in [0.1, 0.15) is 13.3 Å². The molecule has 1 rings (SSSR count). The summed E-state index contributed by atoms with van der Waals surface area (Å²) in [6, 6.07) is 0. The van der Waals surface area contributed by atoms with Gasteiger partial charge in [0.2, 0.25) is 0 Å². The molecule has 0 aromatic carbocycles. The van der Waals surface area contributed by atoms with Gasteiger partial charge in [-0.3, -0.25) is 0 Å². The average Bonchev–Trinajstić information content (AvgIpc) is 1.77. The molecule has 1 fully saturated rings. The van der Waals surface area contributed by atoms with Crippen molar-refractivity contribution in [1.29, 1.82) is 0 Å². The van der Waals surface area contributed by atoms with Gasteiger partial charge in [0.25, 0.3) is 0 Å². The van der Waals surface area contributed by atoms with Crippen LogP contribution in [0.5, 0.6) is 0 Å². The second-order valence-corrected chi connectivity index (χ2v) is 2.92. The molecular formula is C6H11ClO. The normalized spacial score (nSPS) is 39.8. The highest BCUT2D eigenvalue weighted by Gasteiger charge is 2.18. The number of rotatable bonds is 0. The summed E-state index contributed by atoms with van der Waals surface area (Å²) in [6.45, 7) is 3.81. The summed E-state index contributed by atoms with van der Waals surface area (Å²) < 4.78 is 5.17. The highest BCUT2D eigenvalue weighted by Crippen LogP contribution is 2.18. The van der Waals surface area contributed by atoms with Crippen LogP contribution in [0.4, 0.5) is 0 Å². The van der Waals surface area contributed by atoms with Gasteiger partial charge in [0.05, 0.1) is 6.61 Å². The van der Waals surface area contributed by atoms with Gasteiger partial charge in [0.1, 0.15) is 0 Å². The third-order valence-corrected chi connectivity index (χ3v) is 2.18. The second-order valence-electron chi connectivity index (χ2n) is 2.36. The molecule has 0 aliphatic carbocycles. The Bertz CT molecular complexity index is 64.9. The van der Waals surface area contributed by atoms with E-state index in [1.165, 1.54) is 0 Å². The van der Waals surface area contributed by atoms with Crippen LogP contribution in [0.15, 0.2) is 0 Å². The standard InChI is InChI=1S/C6H11ClO/c1-5-4-8-3-2-6(5)7/h5-6H,2-4H2,1H3/t5-,6+/m0/s1. The van der Waals surface area contributed by atoms with Crippen molar-refractivity contribution in [1.82, 2.24) is 0 Å². The first-order valence-corrected chi connectivity index (χ1v) is 3.46. The van der Waals surface area contributed by atoms with Gasteiger partial charge in [-0.05, 0) is 12.3 Å². The predicted molar refractivity (Wildman–Crippen MR) is 34.2 cm³/mol. The van der Waals surface area contributed by atoms with Gasteiger partial charge in [-0.1, -0.05) is 6.92 Å². The maximum absolute atomic E-state index is 5.89. The van der Waals surface area contributed by atoms with Crippen molar-refractivity contribution >= 4 is 11.6 Å². The lowest BCUT2D eigenvalue weighted by Gasteiger charge is -2.23. The molecule has 8 heavy (non-hydrogen) atoms. The summed E-state index contributed by atoms with van der Waals surface area (Å²) in [5, 5.41) is 0.351. The quantitative estimate of drug-likeness (QED) is 0.458. The molecule has 1 aliphatic rings. The Kier molecular flexibility index (Phi) is 2.15. The minimum absolute atomic E-state index is 0.351. The van der Waals surface area contributed by atoms with Gasteiger partial charge < -0.3 is 4.74 Å². The SMILES string of the molecule is C[C@H]1COCC[C@H]1Cl. The zero-order valence-corrected chi connectivity index (χ0v) is 5.82. The number of hydrogen-bond donors (Lipinski definition) is 0. The first kappa shape index (κ1) is 6.37. The molecular weight excluding hydrogens is 124 g/mol. The lowest BCUT2D eigenvalue weighted by Crippen LogP contribution is -2.25. The van der Waals surface area contributed by atoms with E-state index in [2.05, 4.69) is 6.92 Å². The minimum Gasteiger partial charge on any atom is -0.381 e. The lowest BCUT2D eigenvalue weighted by atomic mass is 10.0. The third-order valence-electron chi connectivity index (χ3n) is 1.54. The van der Waals surface area contributed by atoms with Crippen LogP contribution < -0.4 is 0 Å². The van der Waals surface area contributed by atoms with Gasteiger partial charge in [-0.25, -0.2) is 0 Å². The molecule has 0 amide bonds. The molecule has 0 saturated carbocycles. The van der Waals surface area contributed by atoms with Crippen LogP contribution in [-0.2, 0) is 4.74 Å². The Morgan fingerprint density at radius 3 is 2.75 bits per heavy atom. The maximum atomic E-state index is 5.89. The largest absolute Gasteiger partial charge is 0.381 e. The van der Waals surface area contributed by atoms with Gasteiger partial charge in [-0.15, -0.1) is 11.6 Å². The van der Waals surface area contributed by atoms with Crippen molar-refractivity contribution in [2.24, 2.45) is 5.92 Å². The summed E-state index contributed by atoms with van der Waals surface area (Å²) in [5.74, 6) is 0.547. The molecule has 48 valence electrons. The molecule has 0 radical (unpaired) electrons. The van der Waals surface area contributed by atoms with E-state index in [4.69, 9.17) is 16.3 Å². The maximum Gasteiger partial charge on any atom is 0.0505 e. The summed E-state index contributed by atoms with van der Waals surface area (Å²) in [5.41, 5.74) is 0. The van der Waals surface area contributed by atoms with Crippen LogP contribution >= 0.6 is 11.6 Å². The van der Waals surface area contributed by atoms with Gasteiger partial charge in [-0.2, -0.15) is 0 Å². The van der Waals surface area contributed by atoms with Gasteiger partial charge in [0.15, 0.2) is 0 Å². The topological polar surface area (TPSA) is 9.23 Å². The number of alkyl halides is 1. The van der Waals surface area contributed by atoms with Crippen LogP contribution in [0.25, 0.3) is 0 Å². The van der Waals surface area contributed by atoms with Crippen molar-refractivity contribution < 1.29 is 4.74 Å². The zero-order valence-electron chi connectivity index (χ0n) is 5.06. The van der Waals surface area contributed by atoms with Crippen molar-refractivity contribution in [3.8, 4) is 0 Å². The van der Waals surface area contributed by atoms with E-state index in [-0.39, 0.29) is 0 Å². The van der Waals surface area contributed by atoms with E-state index < -0.39 is 0 Å². The van der Waals surface area contributed by atoms with E-state index in [0.717, 1.165) is 19.6 Å². The summed E-state index contributed by atoms with van der Waals surface area (Å²) in [7, 11) is 0. The summed E-state index contributed by atoms with van der Waals surface area (Å²) >= 11 is 5.89. The Balaban J connectivity index is 2.28. The Morgan fingerprint density at radius 2 is 2.38 bits per heavy atom. The predicted octanol–water partition coefficient (Wildman–Crippen LogP) is 1.65. The Labute approximate surface area is 55.0 Å². The first-order chi connectivity index (χ1) is 3.80. The fourth-order valence-corrected chi connectivity index (χ4v) is 1.02. The molecule has 1 saturated heterocycles.